The third kappa shape index (κ3) is 4.50. The van der Waals surface area contributed by atoms with Crippen LogP contribution in [0.2, 0.25) is 0 Å². The Hall–Kier alpha value is -3.21. The van der Waals surface area contributed by atoms with Crippen molar-refractivity contribution in [2.24, 2.45) is 7.05 Å². The van der Waals surface area contributed by atoms with Crippen LogP contribution in [-0.2, 0) is 11.8 Å². The van der Waals surface area contributed by atoms with Gasteiger partial charge in [-0.2, -0.15) is 0 Å². The van der Waals surface area contributed by atoms with Crippen LogP contribution in [0.4, 0.5) is 4.39 Å². The second kappa shape index (κ2) is 7.99. The summed E-state index contributed by atoms with van der Waals surface area (Å²) in [7, 11) is 1.84. The Balaban J connectivity index is 1.85. The normalized spacial score (nSPS) is 12.3. The zero-order chi connectivity index (χ0) is 19.4. The van der Waals surface area contributed by atoms with Gasteiger partial charge in [0.25, 0.3) is 0 Å². The molecule has 0 aliphatic carbocycles. The first-order chi connectivity index (χ1) is 12.9. The molecule has 0 saturated carbocycles. The number of nitrogens with one attached hydrogen (secondary N) is 1. The Bertz CT molecular complexity index is 991. The van der Waals surface area contributed by atoms with Crippen molar-refractivity contribution in [3.63, 3.8) is 0 Å². The fraction of sp³-hybridized carbons (Fsp3) is 0.182. The summed E-state index contributed by atoms with van der Waals surface area (Å²) in [6.45, 7) is 4.04. The summed E-state index contributed by atoms with van der Waals surface area (Å²) in [5, 5.41) is 2.93. The van der Waals surface area contributed by atoms with Gasteiger partial charge in [-0.25, -0.2) is 9.37 Å². The van der Waals surface area contributed by atoms with E-state index in [-0.39, 0.29) is 11.7 Å². The number of rotatable bonds is 5. The van der Waals surface area contributed by atoms with Gasteiger partial charge in [-0.05, 0) is 48.7 Å². The minimum absolute atomic E-state index is 0.271. The molecule has 138 valence electrons. The third-order valence-corrected chi connectivity index (χ3v) is 4.42. The van der Waals surface area contributed by atoms with Crippen molar-refractivity contribution in [1.29, 1.82) is 0 Å². The van der Waals surface area contributed by atoms with Crippen molar-refractivity contribution in [2.45, 2.75) is 19.9 Å². The van der Waals surface area contributed by atoms with Gasteiger partial charge in [0.05, 0.1) is 0 Å². The van der Waals surface area contributed by atoms with Crippen LogP contribution in [0.15, 0.2) is 60.9 Å². The lowest BCUT2D eigenvalue weighted by atomic mass is 10.0. The molecule has 0 saturated heterocycles. The molecule has 1 aromatic heterocycles. The maximum absolute atomic E-state index is 13.7. The van der Waals surface area contributed by atoms with Gasteiger partial charge in [-0.3, -0.25) is 4.79 Å². The second-order valence-corrected chi connectivity index (χ2v) is 6.59. The summed E-state index contributed by atoms with van der Waals surface area (Å²) in [6, 6.07) is 11.7. The Morgan fingerprint density at radius 1 is 1.22 bits per heavy atom. The van der Waals surface area contributed by atoms with Gasteiger partial charge in [-0.15, -0.1) is 0 Å². The highest BCUT2D eigenvalue weighted by Gasteiger charge is 2.20. The average molecular weight is 363 g/mol. The summed E-state index contributed by atoms with van der Waals surface area (Å²) in [4.78, 5) is 16.9. The number of hydrogen-bond donors (Lipinski definition) is 1. The number of hydrogen-bond acceptors (Lipinski definition) is 2. The van der Waals surface area contributed by atoms with Crippen LogP contribution in [0.25, 0.3) is 6.08 Å². The van der Waals surface area contributed by atoms with Crippen molar-refractivity contribution in [2.75, 3.05) is 0 Å². The Morgan fingerprint density at radius 3 is 2.70 bits per heavy atom. The average Bonchev–Trinajstić information content (AvgIpc) is 3.04. The number of imidazole rings is 1. The summed E-state index contributed by atoms with van der Waals surface area (Å²) < 4.78 is 15.5. The molecule has 0 aliphatic rings. The van der Waals surface area contributed by atoms with E-state index < -0.39 is 6.04 Å². The van der Waals surface area contributed by atoms with Gasteiger partial charge < -0.3 is 9.88 Å². The zero-order valence-corrected chi connectivity index (χ0v) is 15.6. The van der Waals surface area contributed by atoms with E-state index in [4.69, 9.17) is 0 Å². The molecule has 1 heterocycles. The molecule has 1 N–H and O–H groups in total. The maximum Gasteiger partial charge on any atom is 0.244 e. The molecule has 1 atom stereocenters. The number of nitrogens with zero attached hydrogens (tertiary/aromatic N) is 2. The van der Waals surface area contributed by atoms with Crippen molar-refractivity contribution in [3.05, 3.63) is 94.8 Å². The summed E-state index contributed by atoms with van der Waals surface area (Å²) in [5.41, 5.74) is 3.90. The molecular weight excluding hydrogens is 341 g/mol. The first kappa shape index (κ1) is 18.6. The minimum atomic E-state index is -0.544. The molecular formula is C22H22FN3O. The monoisotopic (exact) mass is 363 g/mol. The summed E-state index contributed by atoms with van der Waals surface area (Å²) >= 11 is 0. The number of aryl methyl sites for hydroxylation is 3. The predicted octanol–water partition coefficient (Wildman–Crippen LogP) is 4.10. The molecule has 0 radical (unpaired) electrons. The van der Waals surface area contributed by atoms with E-state index in [1.54, 1.807) is 30.6 Å². The number of halogens is 1. The van der Waals surface area contributed by atoms with Crippen LogP contribution >= 0.6 is 0 Å². The number of aromatic nitrogens is 2. The number of amides is 1. The standard InChI is InChI=1S/C22H22FN3O/c1-15-7-8-17(16(2)13-15)9-10-20(27)25-21(22-24-11-12-26(22)3)18-5-4-6-19(23)14-18/h4-14,21H,1-3H3,(H,25,27)/b10-9+. The van der Waals surface area contributed by atoms with E-state index in [2.05, 4.69) is 16.4 Å². The lowest BCUT2D eigenvalue weighted by molar-refractivity contribution is -0.117. The fourth-order valence-corrected chi connectivity index (χ4v) is 3.01. The van der Waals surface area contributed by atoms with E-state index >= 15 is 0 Å². The zero-order valence-electron chi connectivity index (χ0n) is 15.6. The van der Waals surface area contributed by atoms with Crippen LogP contribution in [0.5, 0.6) is 0 Å². The lowest BCUT2D eigenvalue weighted by Gasteiger charge is -2.18. The molecule has 0 fully saturated rings. The summed E-state index contributed by atoms with van der Waals surface area (Å²) in [6.07, 6.45) is 6.72. The molecule has 2 aromatic carbocycles. The number of benzene rings is 2. The van der Waals surface area contributed by atoms with Crippen LogP contribution in [-0.4, -0.2) is 15.5 Å². The molecule has 0 spiro atoms. The number of carbonyl (C=O) groups is 1. The van der Waals surface area contributed by atoms with Crippen molar-refractivity contribution in [1.82, 2.24) is 14.9 Å². The van der Waals surface area contributed by atoms with Crippen LogP contribution in [0.3, 0.4) is 0 Å². The van der Waals surface area contributed by atoms with E-state index in [9.17, 15) is 9.18 Å². The van der Waals surface area contributed by atoms with E-state index in [0.29, 0.717) is 11.4 Å². The Labute approximate surface area is 158 Å². The molecule has 3 aromatic rings. The topological polar surface area (TPSA) is 46.9 Å². The van der Waals surface area contributed by atoms with Gasteiger partial charge in [-0.1, -0.05) is 35.9 Å². The molecule has 1 amide bonds. The van der Waals surface area contributed by atoms with Crippen molar-refractivity contribution in [3.8, 4) is 0 Å². The predicted molar refractivity (Wildman–Crippen MR) is 105 cm³/mol. The van der Waals surface area contributed by atoms with Gasteiger partial charge >= 0.3 is 0 Å². The largest absolute Gasteiger partial charge is 0.339 e. The maximum atomic E-state index is 13.7. The fourth-order valence-electron chi connectivity index (χ4n) is 3.01. The van der Waals surface area contributed by atoms with Crippen LogP contribution in [0.1, 0.15) is 34.1 Å². The molecule has 0 aliphatic heterocycles. The molecule has 27 heavy (non-hydrogen) atoms. The Morgan fingerprint density at radius 2 is 2.04 bits per heavy atom. The first-order valence-corrected chi connectivity index (χ1v) is 8.72. The molecule has 4 nitrogen and oxygen atoms in total. The van der Waals surface area contributed by atoms with Gasteiger partial charge in [0.15, 0.2) is 0 Å². The quantitative estimate of drug-likeness (QED) is 0.694. The lowest BCUT2D eigenvalue weighted by Crippen LogP contribution is -2.29. The van der Waals surface area contributed by atoms with Gasteiger partial charge in [0.2, 0.25) is 5.91 Å². The molecule has 5 heteroatoms. The highest BCUT2D eigenvalue weighted by atomic mass is 19.1. The van der Waals surface area contributed by atoms with E-state index in [1.807, 2.05) is 37.6 Å². The van der Waals surface area contributed by atoms with Crippen molar-refractivity contribution < 1.29 is 9.18 Å². The molecule has 1 unspecified atom stereocenters. The van der Waals surface area contributed by atoms with E-state index in [0.717, 1.165) is 11.1 Å². The van der Waals surface area contributed by atoms with Crippen molar-refractivity contribution >= 4 is 12.0 Å². The van der Waals surface area contributed by atoms with E-state index in [1.165, 1.54) is 23.8 Å². The highest BCUT2D eigenvalue weighted by molar-refractivity contribution is 5.92. The van der Waals surface area contributed by atoms with Crippen LogP contribution in [0, 0.1) is 19.7 Å². The molecule has 0 bridgehead atoms. The van der Waals surface area contributed by atoms with Gasteiger partial charge in [0, 0.05) is 25.5 Å². The molecule has 3 rings (SSSR count). The first-order valence-electron chi connectivity index (χ1n) is 8.72. The SMILES string of the molecule is Cc1ccc(/C=C/C(=O)NC(c2cccc(F)c2)c2nccn2C)c(C)c1. The third-order valence-electron chi connectivity index (χ3n) is 4.42. The Kier molecular flexibility index (Phi) is 5.50. The minimum Gasteiger partial charge on any atom is -0.339 e. The summed E-state index contributed by atoms with van der Waals surface area (Å²) in [5.74, 6) is 0.00730. The number of carbonyl (C=O) groups excluding carboxylic acids is 1. The van der Waals surface area contributed by atoms with Gasteiger partial charge in [0.1, 0.15) is 17.7 Å². The highest BCUT2D eigenvalue weighted by Crippen LogP contribution is 2.21. The second-order valence-electron chi connectivity index (χ2n) is 6.59. The smallest absolute Gasteiger partial charge is 0.244 e. The van der Waals surface area contributed by atoms with Crippen LogP contribution < -0.4 is 5.32 Å².